The van der Waals surface area contributed by atoms with Gasteiger partial charge in [0.2, 0.25) is 0 Å². The van der Waals surface area contributed by atoms with Crippen molar-refractivity contribution in [3.8, 4) is 0 Å². The van der Waals surface area contributed by atoms with Crippen LogP contribution in [0.2, 0.25) is 0 Å². The molecule has 0 radical (unpaired) electrons. The zero-order chi connectivity index (χ0) is 17.5. The molecular formula is C17H24N2O4. The number of nitrogens with one attached hydrogen (secondary N) is 2. The first-order chi connectivity index (χ1) is 10.7. The Hall–Kier alpha value is -2.37. The predicted octanol–water partition coefficient (Wildman–Crippen LogP) is 2.53. The van der Waals surface area contributed by atoms with Gasteiger partial charge in [-0.25, -0.2) is 4.79 Å². The summed E-state index contributed by atoms with van der Waals surface area (Å²) in [7, 11) is 0. The minimum absolute atomic E-state index is 0.0369. The summed E-state index contributed by atoms with van der Waals surface area (Å²) in [5.74, 6) is -0.248. The van der Waals surface area contributed by atoms with Gasteiger partial charge < -0.3 is 15.4 Å². The number of rotatable bonds is 6. The molecule has 0 spiro atoms. The maximum Gasteiger partial charge on any atom is 0.407 e. The van der Waals surface area contributed by atoms with E-state index >= 15 is 0 Å². The molecule has 2 amide bonds. The second-order valence-corrected chi connectivity index (χ2v) is 6.17. The zero-order valence-electron chi connectivity index (χ0n) is 14.1. The highest BCUT2D eigenvalue weighted by Crippen LogP contribution is 2.06. The van der Waals surface area contributed by atoms with Gasteiger partial charge in [0.05, 0.1) is 0 Å². The smallest absolute Gasteiger partial charge is 0.407 e. The zero-order valence-corrected chi connectivity index (χ0v) is 14.1. The molecule has 0 saturated heterocycles. The van der Waals surface area contributed by atoms with Gasteiger partial charge >= 0.3 is 6.09 Å². The summed E-state index contributed by atoms with van der Waals surface area (Å²) in [4.78, 5) is 34.5. The highest BCUT2D eigenvalue weighted by molar-refractivity contribution is 5.97. The molecule has 1 aromatic rings. The van der Waals surface area contributed by atoms with E-state index in [-0.39, 0.29) is 11.7 Å². The van der Waals surface area contributed by atoms with E-state index in [1.165, 1.54) is 6.92 Å². The summed E-state index contributed by atoms with van der Waals surface area (Å²) in [5.41, 5.74) is 0.544. The number of alkyl carbamates (subject to hydrolysis) is 1. The van der Waals surface area contributed by atoms with Crippen LogP contribution in [0.15, 0.2) is 24.3 Å². The van der Waals surface area contributed by atoms with Gasteiger partial charge in [0.1, 0.15) is 5.60 Å². The van der Waals surface area contributed by atoms with Crippen LogP contribution in [0.4, 0.5) is 4.79 Å². The summed E-state index contributed by atoms with van der Waals surface area (Å²) in [6, 6.07) is 6.48. The summed E-state index contributed by atoms with van der Waals surface area (Å²) in [6.45, 7) is 7.72. The van der Waals surface area contributed by atoms with Crippen LogP contribution in [0.5, 0.6) is 0 Å². The van der Waals surface area contributed by atoms with E-state index in [0.29, 0.717) is 30.6 Å². The van der Waals surface area contributed by atoms with Gasteiger partial charge in [-0.05, 0) is 46.2 Å². The standard InChI is InChI=1S/C17H24N2O4/c1-12(20)13-6-8-14(9-7-13)15(21)18-10-5-11-19-16(22)23-17(2,3)4/h6-9H,5,10-11H2,1-4H3,(H,18,21)(H,19,22). The minimum Gasteiger partial charge on any atom is -0.444 e. The van der Waals surface area contributed by atoms with Crippen LogP contribution in [0.3, 0.4) is 0 Å². The number of benzene rings is 1. The van der Waals surface area contributed by atoms with Crippen LogP contribution in [-0.4, -0.2) is 36.5 Å². The van der Waals surface area contributed by atoms with E-state index in [0.717, 1.165) is 0 Å². The highest BCUT2D eigenvalue weighted by atomic mass is 16.6. The molecule has 0 bridgehead atoms. The molecule has 1 aromatic carbocycles. The van der Waals surface area contributed by atoms with Crippen LogP contribution < -0.4 is 10.6 Å². The molecule has 0 aromatic heterocycles. The molecule has 0 saturated carbocycles. The molecule has 0 unspecified atom stereocenters. The van der Waals surface area contributed by atoms with E-state index in [9.17, 15) is 14.4 Å². The molecule has 0 aliphatic carbocycles. The number of carbonyl (C=O) groups excluding carboxylic acids is 3. The third-order valence-electron chi connectivity index (χ3n) is 2.86. The van der Waals surface area contributed by atoms with Crippen LogP contribution >= 0.6 is 0 Å². The SMILES string of the molecule is CC(=O)c1ccc(C(=O)NCCCNC(=O)OC(C)(C)C)cc1. The van der Waals surface area contributed by atoms with Gasteiger partial charge in [-0.1, -0.05) is 12.1 Å². The summed E-state index contributed by atoms with van der Waals surface area (Å²) >= 11 is 0. The van der Waals surface area contributed by atoms with Gasteiger partial charge in [-0.2, -0.15) is 0 Å². The lowest BCUT2D eigenvalue weighted by Crippen LogP contribution is -2.34. The Bertz CT molecular complexity index is 559. The summed E-state index contributed by atoms with van der Waals surface area (Å²) < 4.78 is 5.10. The fourth-order valence-corrected chi connectivity index (χ4v) is 1.75. The first-order valence-corrected chi connectivity index (χ1v) is 7.55. The Balaban J connectivity index is 2.26. The normalized spacial score (nSPS) is 10.8. The Morgan fingerprint density at radius 3 is 2.00 bits per heavy atom. The van der Waals surface area contributed by atoms with Crippen LogP contribution in [0, 0.1) is 0 Å². The van der Waals surface area contributed by atoms with Gasteiger partial charge in [0, 0.05) is 24.2 Å². The van der Waals surface area contributed by atoms with Crippen LogP contribution in [0.25, 0.3) is 0 Å². The minimum atomic E-state index is -0.523. The molecule has 0 atom stereocenters. The number of ether oxygens (including phenoxy) is 1. The maximum absolute atomic E-state index is 11.9. The van der Waals surface area contributed by atoms with Gasteiger partial charge in [-0.3, -0.25) is 9.59 Å². The van der Waals surface area contributed by atoms with E-state index in [4.69, 9.17) is 4.74 Å². The lowest BCUT2D eigenvalue weighted by Gasteiger charge is -2.19. The molecule has 0 fully saturated rings. The summed E-state index contributed by atoms with van der Waals surface area (Å²) in [6.07, 6.45) is 0.125. The third-order valence-corrected chi connectivity index (χ3v) is 2.86. The number of hydrogen-bond acceptors (Lipinski definition) is 4. The second kappa shape index (κ2) is 8.31. The van der Waals surface area contributed by atoms with Crippen molar-refractivity contribution in [1.82, 2.24) is 10.6 Å². The van der Waals surface area contributed by atoms with Gasteiger partial charge in [0.15, 0.2) is 5.78 Å². The Labute approximate surface area is 136 Å². The monoisotopic (exact) mass is 320 g/mol. The fourth-order valence-electron chi connectivity index (χ4n) is 1.75. The van der Waals surface area contributed by atoms with Crippen molar-refractivity contribution in [1.29, 1.82) is 0 Å². The van der Waals surface area contributed by atoms with Crippen molar-refractivity contribution < 1.29 is 19.1 Å². The van der Waals surface area contributed by atoms with E-state index < -0.39 is 11.7 Å². The average molecular weight is 320 g/mol. The topological polar surface area (TPSA) is 84.5 Å². The summed E-state index contributed by atoms with van der Waals surface area (Å²) in [5, 5.41) is 5.38. The maximum atomic E-state index is 11.9. The van der Waals surface area contributed by atoms with Crippen LogP contribution in [0.1, 0.15) is 54.8 Å². The van der Waals surface area contributed by atoms with Crippen molar-refractivity contribution in [2.24, 2.45) is 0 Å². The van der Waals surface area contributed by atoms with E-state index in [1.54, 1.807) is 45.0 Å². The number of carbonyl (C=O) groups is 3. The molecule has 0 aliphatic heterocycles. The molecule has 1 rings (SSSR count). The van der Waals surface area contributed by atoms with Crippen molar-refractivity contribution in [3.05, 3.63) is 35.4 Å². The fraction of sp³-hybridized carbons (Fsp3) is 0.471. The van der Waals surface area contributed by atoms with Crippen LogP contribution in [-0.2, 0) is 4.74 Å². The number of amides is 2. The Morgan fingerprint density at radius 1 is 0.957 bits per heavy atom. The number of hydrogen-bond donors (Lipinski definition) is 2. The molecule has 6 heteroatoms. The quantitative estimate of drug-likeness (QED) is 0.623. The van der Waals surface area contributed by atoms with Crippen molar-refractivity contribution in [2.45, 2.75) is 39.7 Å². The van der Waals surface area contributed by atoms with Crippen molar-refractivity contribution >= 4 is 17.8 Å². The number of ketones is 1. The molecule has 126 valence electrons. The molecular weight excluding hydrogens is 296 g/mol. The first-order valence-electron chi connectivity index (χ1n) is 7.55. The highest BCUT2D eigenvalue weighted by Gasteiger charge is 2.15. The van der Waals surface area contributed by atoms with Crippen molar-refractivity contribution in [3.63, 3.8) is 0 Å². The molecule has 6 nitrogen and oxygen atoms in total. The lowest BCUT2D eigenvalue weighted by molar-refractivity contribution is 0.0527. The first kappa shape index (κ1) is 18.7. The second-order valence-electron chi connectivity index (χ2n) is 6.17. The predicted molar refractivity (Wildman–Crippen MR) is 87.6 cm³/mol. The van der Waals surface area contributed by atoms with E-state index in [2.05, 4.69) is 10.6 Å². The van der Waals surface area contributed by atoms with Gasteiger partial charge in [0.25, 0.3) is 5.91 Å². The largest absolute Gasteiger partial charge is 0.444 e. The van der Waals surface area contributed by atoms with E-state index in [1.807, 2.05) is 0 Å². The third kappa shape index (κ3) is 7.44. The Kier molecular flexibility index (Phi) is 6.75. The molecule has 23 heavy (non-hydrogen) atoms. The average Bonchev–Trinajstić information content (AvgIpc) is 2.45. The molecule has 0 aliphatic rings. The molecule has 0 heterocycles. The lowest BCUT2D eigenvalue weighted by atomic mass is 10.1. The number of Topliss-reactive ketones (excluding diaryl/α,β-unsaturated/α-hetero) is 1. The van der Waals surface area contributed by atoms with Crippen molar-refractivity contribution in [2.75, 3.05) is 13.1 Å². The molecule has 2 N–H and O–H groups in total. The van der Waals surface area contributed by atoms with Gasteiger partial charge in [-0.15, -0.1) is 0 Å². The Morgan fingerprint density at radius 2 is 1.48 bits per heavy atom.